The first-order chi connectivity index (χ1) is 27.8. The summed E-state index contributed by atoms with van der Waals surface area (Å²) in [5, 5.41) is 11.9. The predicted octanol–water partition coefficient (Wildman–Crippen LogP) is 15.6. The van der Waals surface area contributed by atoms with Crippen LogP contribution in [-0.4, -0.2) is 0 Å². The average Bonchev–Trinajstić information content (AvgIpc) is 3.84. The first-order valence-corrected chi connectivity index (χ1v) is 19.2. The van der Waals surface area contributed by atoms with Gasteiger partial charge in [-0.3, -0.25) is 0 Å². The molecule has 0 unspecified atom stereocenters. The van der Waals surface area contributed by atoms with Crippen molar-refractivity contribution >= 4 is 76.2 Å². The number of rotatable bonds is 4. The van der Waals surface area contributed by atoms with Crippen LogP contribution in [0.3, 0.4) is 0 Å². The minimum atomic E-state index is 0.874. The van der Waals surface area contributed by atoms with E-state index in [1.54, 1.807) is 0 Å². The molecule has 0 saturated carbocycles. The zero-order valence-electron chi connectivity index (χ0n) is 30.3. The maximum atomic E-state index is 6.49. The van der Waals surface area contributed by atoms with E-state index in [1.807, 2.05) is 18.2 Å². The second kappa shape index (κ2) is 12.0. The van der Waals surface area contributed by atoms with Crippen molar-refractivity contribution in [3.63, 3.8) is 0 Å². The number of hydrogen-bond donors (Lipinski definition) is 0. The highest BCUT2D eigenvalue weighted by molar-refractivity contribution is 6.24. The maximum Gasteiger partial charge on any atom is 0.136 e. The van der Waals surface area contributed by atoms with Crippen LogP contribution in [-0.2, 0) is 0 Å². The molecule has 2 heterocycles. The Bertz CT molecular complexity index is 3460. The monoisotopic (exact) mass is 712 g/mol. The molecule has 0 amide bonds. The lowest BCUT2D eigenvalue weighted by Gasteiger charge is -2.19. The van der Waals surface area contributed by atoms with Gasteiger partial charge in [-0.05, 0) is 102 Å². The van der Waals surface area contributed by atoms with E-state index < -0.39 is 0 Å². The summed E-state index contributed by atoms with van der Waals surface area (Å²) in [7, 11) is 0. The fourth-order valence-electron chi connectivity index (χ4n) is 9.32. The van der Waals surface area contributed by atoms with Crippen LogP contribution in [0.5, 0.6) is 0 Å². The lowest BCUT2D eigenvalue weighted by Crippen LogP contribution is -1.92. The number of para-hydroxylation sites is 2. The summed E-state index contributed by atoms with van der Waals surface area (Å²) >= 11 is 0. The summed E-state index contributed by atoms with van der Waals surface area (Å²) in [6.07, 6.45) is 0. The number of fused-ring (bicyclic) bond motifs is 9. The predicted molar refractivity (Wildman–Crippen MR) is 235 cm³/mol. The molecule has 0 radical (unpaired) electrons. The van der Waals surface area contributed by atoms with E-state index in [4.69, 9.17) is 8.83 Å². The number of hydrogen-bond acceptors (Lipinski definition) is 2. The molecule has 260 valence electrons. The van der Waals surface area contributed by atoms with Crippen LogP contribution in [0.4, 0.5) is 0 Å². The molecular weight excluding hydrogens is 681 g/mol. The molecule has 0 aliphatic heterocycles. The molecule has 2 heteroatoms. The van der Waals surface area contributed by atoms with E-state index in [2.05, 4.69) is 176 Å². The van der Waals surface area contributed by atoms with Gasteiger partial charge in [-0.25, -0.2) is 0 Å². The average molecular weight is 713 g/mol. The zero-order valence-corrected chi connectivity index (χ0v) is 30.3. The van der Waals surface area contributed by atoms with Crippen molar-refractivity contribution in [1.29, 1.82) is 0 Å². The Morgan fingerprint density at radius 2 is 0.679 bits per heavy atom. The van der Waals surface area contributed by atoms with E-state index in [1.165, 1.54) is 54.6 Å². The van der Waals surface area contributed by atoms with Crippen LogP contribution < -0.4 is 0 Å². The van der Waals surface area contributed by atoms with E-state index >= 15 is 0 Å². The van der Waals surface area contributed by atoms with Gasteiger partial charge in [0.25, 0.3) is 0 Å². The number of benzene rings is 10. The van der Waals surface area contributed by atoms with Gasteiger partial charge < -0.3 is 8.83 Å². The summed E-state index contributed by atoms with van der Waals surface area (Å²) in [5.74, 6) is 0. The largest absolute Gasteiger partial charge is 0.456 e. The van der Waals surface area contributed by atoms with Gasteiger partial charge in [0.05, 0.1) is 0 Å². The van der Waals surface area contributed by atoms with Crippen molar-refractivity contribution in [2.24, 2.45) is 0 Å². The van der Waals surface area contributed by atoms with Crippen LogP contribution in [0, 0.1) is 0 Å². The molecule has 0 aliphatic carbocycles. The minimum Gasteiger partial charge on any atom is -0.456 e. The SMILES string of the molecule is c1ccc2c(-c3c4ccccc4c(-c4ccc(-c5c(-c6cccc7oc8ccccc8c67)ccc6oc7ccccc7c56)cc4)c4ccccc34)cccc2c1. The molecule has 2 nitrogen and oxygen atoms in total. The van der Waals surface area contributed by atoms with Crippen molar-refractivity contribution in [3.8, 4) is 44.5 Å². The normalized spacial score (nSPS) is 11.9. The van der Waals surface area contributed by atoms with Crippen molar-refractivity contribution in [3.05, 3.63) is 194 Å². The standard InChI is InChI=1S/C54H32O2/c1-2-15-36-33(13-1)14-11-22-37(36)52-40-18-5-3-16-38(40)50(39-17-4-6-19-41(39)52)34-27-29-35(30-28-34)51-43(31-32-49-54(51)45-21-8-10-25-47(45)56-49)42-23-12-26-48-53(42)44-20-7-9-24-46(44)55-48/h1-32H. The van der Waals surface area contributed by atoms with Gasteiger partial charge in [-0.1, -0.05) is 164 Å². The van der Waals surface area contributed by atoms with Crippen LogP contribution in [0.1, 0.15) is 0 Å². The van der Waals surface area contributed by atoms with Crippen molar-refractivity contribution < 1.29 is 8.83 Å². The summed E-state index contributed by atoms with van der Waals surface area (Å²) in [4.78, 5) is 0. The minimum absolute atomic E-state index is 0.874. The Kier molecular flexibility index (Phi) is 6.66. The molecule has 10 aromatic carbocycles. The first kappa shape index (κ1) is 31.0. The number of furan rings is 2. The Morgan fingerprint density at radius 1 is 0.232 bits per heavy atom. The van der Waals surface area contributed by atoms with Crippen LogP contribution in [0.25, 0.3) is 121 Å². The summed E-state index contributed by atoms with van der Waals surface area (Å²) in [5.41, 5.74) is 13.0. The molecule has 2 aromatic heterocycles. The molecule has 0 bridgehead atoms. The molecule has 0 spiro atoms. The molecule has 12 aromatic rings. The topological polar surface area (TPSA) is 26.3 Å². The molecule has 12 rings (SSSR count). The Labute approximate surface area is 322 Å². The highest BCUT2D eigenvalue weighted by atomic mass is 16.3. The second-order valence-corrected chi connectivity index (χ2v) is 14.7. The smallest absolute Gasteiger partial charge is 0.136 e. The van der Waals surface area contributed by atoms with Gasteiger partial charge in [0.15, 0.2) is 0 Å². The van der Waals surface area contributed by atoms with E-state index in [0.29, 0.717) is 0 Å². The van der Waals surface area contributed by atoms with Crippen LogP contribution >= 0.6 is 0 Å². The van der Waals surface area contributed by atoms with Crippen LogP contribution in [0.15, 0.2) is 203 Å². The molecule has 0 N–H and O–H groups in total. The maximum absolute atomic E-state index is 6.49. The molecule has 0 atom stereocenters. The zero-order chi connectivity index (χ0) is 36.7. The van der Waals surface area contributed by atoms with Gasteiger partial charge in [-0.15, -0.1) is 0 Å². The highest BCUT2D eigenvalue weighted by Crippen LogP contribution is 2.48. The lowest BCUT2D eigenvalue weighted by molar-refractivity contribution is 0.669. The third-order valence-electron chi connectivity index (χ3n) is 11.7. The summed E-state index contributed by atoms with van der Waals surface area (Å²) < 4.78 is 12.9. The quantitative estimate of drug-likeness (QED) is 0.170. The van der Waals surface area contributed by atoms with Gasteiger partial charge >= 0.3 is 0 Å². The molecule has 0 aliphatic rings. The van der Waals surface area contributed by atoms with Gasteiger partial charge in [0.1, 0.15) is 22.3 Å². The fourth-order valence-corrected chi connectivity index (χ4v) is 9.32. The molecule has 0 saturated heterocycles. The molecular formula is C54H32O2. The first-order valence-electron chi connectivity index (χ1n) is 19.2. The summed E-state index contributed by atoms with van der Waals surface area (Å²) in [6.45, 7) is 0. The van der Waals surface area contributed by atoms with Gasteiger partial charge in [0.2, 0.25) is 0 Å². The van der Waals surface area contributed by atoms with E-state index in [9.17, 15) is 0 Å². The Balaban J connectivity index is 1.11. The Hall–Kier alpha value is -7.42. The third kappa shape index (κ3) is 4.50. The highest BCUT2D eigenvalue weighted by Gasteiger charge is 2.22. The fraction of sp³-hybridized carbons (Fsp3) is 0. The van der Waals surface area contributed by atoms with E-state index in [0.717, 1.165) is 66.1 Å². The second-order valence-electron chi connectivity index (χ2n) is 14.7. The Morgan fingerprint density at radius 3 is 1.34 bits per heavy atom. The summed E-state index contributed by atoms with van der Waals surface area (Å²) in [6, 6.07) is 69.8. The van der Waals surface area contributed by atoms with Gasteiger partial charge in [0, 0.05) is 27.1 Å². The van der Waals surface area contributed by atoms with Gasteiger partial charge in [-0.2, -0.15) is 0 Å². The van der Waals surface area contributed by atoms with Crippen molar-refractivity contribution in [2.75, 3.05) is 0 Å². The van der Waals surface area contributed by atoms with Crippen molar-refractivity contribution in [2.45, 2.75) is 0 Å². The van der Waals surface area contributed by atoms with Crippen molar-refractivity contribution in [1.82, 2.24) is 0 Å². The lowest BCUT2D eigenvalue weighted by atomic mass is 9.84. The van der Waals surface area contributed by atoms with E-state index in [-0.39, 0.29) is 0 Å². The van der Waals surface area contributed by atoms with Crippen LogP contribution in [0.2, 0.25) is 0 Å². The molecule has 0 fully saturated rings. The molecule has 56 heavy (non-hydrogen) atoms. The third-order valence-corrected chi connectivity index (χ3v) is 11.7.